The summed E-state index contributed by atoms with van der Waals surface area (Å²) in [6.45, 7) is 4.67. The summed E-state index contributed by atoms with van der Waals surface area (Å²) in [5.74, 6) is 0.347. The number of benzene rings is 1. The number of phenolic OH excluding ortho intramolecular Hbond substituents is 1. The molecule has 0 radical (unpaired) electrons. The van der Waals surface area contributed by atoms with E-state index in [0.29, 0.717) is 5.75 Å². The molecule has 0 amide bonds. The van der Waals surface area contributed by atoms with Gasteiger partial charge < -0.3 is 10.4 Å². The first kappa shape index (κ1) is 13.9. The summed E-state index contributed by atoms with van der Waals surface area (Å²) in [6, 6.07) is 5.87. The van der Waals surface area contributed by atoms with Crippen LogP contribution in [0.25, 0.3) is 0 Å². The Bertz CT molecular complexity index is 561. The summed E-state index contributed by atoms with van der Waals surface area (Å²) in [6.07, 6.45) is 0. The van der Waals surface area contributed by atoms with E-state index in [-0.39, 0.29) is 0 Å². The van der Waals surface area contributed by atoms with E-state index in [1.807, 2.05) is 19.9 Å². The third kappa shape index (κ3) is 3.08. The van der Waals surface area contributed by atoms with Crippen LogP contribution in [0.3, 0.4) is 0 Å². The second kappa shape index (κ2) is 5.63. The van der Waals surface area contributed by atoms with Gasteiger partial charge in [-0.05, 0) is 75.0 Å². The van der Waals surface area contributed by atoms with Gasteiger partial charge in [0.25, 0.3) is 0 Å². The summed E-state index contributed by atoms with van der Waals surface area (Å²) in [5, 5.41) is 13.0. The molecule has 0 spiro atoms. The number of rotatable bonds is 3. The van der Waals surface area contributed by atoms with Gasteiger partial charge in [-0.25, -0.2) is 0 Å². The van der Waals surface area contributed by atoms with Crippen LogP contribution in [0.1, 0.15) is 16.0 Å². The van der Waals surface area contributed by atoms with Gasteiger partial charge in [0.15, 0.2) is 0 Å². The molecule has 1 aromatic heterocycles. The van der Waals surface area contributed by atoms with Gasteiger partial charge in [0.05, 0.1) is 3.79 Å². The molecule has 2 N–H and O–H groups in total. The second-order valence-corrected chi connectivity index (χ2v) is 7.45. The number of aryl methyl sites for hydroxylation is 2. The maximum atomic E-state index is 9.61. The lowest BCUT2D eigenvalue weighted by molar-refractivity contribution is 0.471. The van der Waals surface area contributed by atoms with E-state index in [1.165, 1.54) is 4.88 Å². The first-order chi connectivity index (χ1) is 8.47. The molecule has 2 nitrogen and oxygen atoms in total. The molecular weight excluding hydrogens is 378 g/mol. The fourth-order valence-corrected chi connectivity index (χ4v) is 3.77. The van der Waals surface area contributed by atoms with Crippen LogP contribution >= 0.6 is 43.2 Å². The Hall–Kier alpha value is -0.520. The zero-order chi connectivity index (χ0) is 13.3. The number of hydrogen-bond donors (Lipinski definition) is 2. The number of halogens is 2. The largest absolute Gasteiger partial charge is 0.508 e. The molecule has 0 saturated carbocycles. The molecule has 2 aromatic rings. The van der Waals surface area contributed by atoms with Crippen LogP contribution in [0.15, 0.2) is 26.5 Å². The summed E-state index contributed by atoms with van der Waals surface area (Å²) in [5.41, 5.74) is 3.00. The summed E-state index contributed by atoms with van der Waals surface area (Å²) < 4.78 is 2.20. The molecule has 0 atom stereocenters. The van der Waals surface area contributed by atoms with E-state index in [9.17, 15) is 5.11 Å². The van der Waals surface area contributed by atoms with Gasteiger partial charge in [-0.15, -0.1) is 11.3 Å². The molecule has 0 aliphatic heterocycles. The van der Waals surface area contributed by atoms with E-state index in [4.69, 9.17) is 0 Å². The smallest absolute Gasteiger partial charge is 0.118 e. The molecule has 0 saturated heterocycles. The van der Waals surface area contributed by atoms with Crippen molar-refractivity contribution in [2.75, 3.05) is 5.32 Å². The van der Waals surface area contributed by atoms with Crippen LogP contribution in [-0.4, -0.2) is 5.11 Å². The van der Waals surface area contributed by atoms with Crippen LogP contribution in [0, 0.1) is 13.8 Å². The standard InChI is InChI=1S/C13H13Br2NOS/c1-7-4-12(17)8(2)3-11(7)16-6-9-5-10(14)13(15)18-9/h3-5,16-17H,6H2,1-2H3. The van der Waals surface area contributed by atoms with Crippen LogP contribution in [0.5, 0.6) is 5.75 Å². The van der Waals surface area contributed by atoms with Crippen molar-refractivity contribution >= 4 is 48.9 Å². The lowest BCUT2D eigenvalue weighted by Gasteiger charge is -2.10. The predicted octanol–water partition coefficient (Wildman–Crippen LogP) is 5.21. The van der Waals surface area contributed by atoms with Gasteiger partial charge in [-0.1, -0.05) is 0 Å². The third-order valence-electron chi connectivity index (χ3n) is 2.69. The quantitative estimate of drug-likeness (QED) is 0.705. The van der Waals surface area contributed by atoms with Crippen molar-refractivity contribution in [1.82, 2.24) is 0 Å². The molecule has 1 heterocycles. The average molecular weight is 391 g/mol. The molecule has 5 heteroatoms. The SMILES string of the molecule is Cc1cc(NCc2cc(Br)c(Br)s2)c(C)cc1O. The number of aromatic hydroxyl groups is 1. The van der Waals surface area contributed by atoms with Crippen LogP contribution in [-0.2, 0) is 6.54 Å². The highest BCUT2D eigenvalue weighted by Crippen LogP contribution is 2.33. The van der Waals surface area contributed by atoms with E-state index < -0.39 is 0 Å². The third-order valence-corrected chi connectivity index (χ3v) is 5.95. The summed E-state index contributed by atoms with van der Waals surface area (Å²) in [7, 11) is 0. The van der Waals surface area contributed by atoms with Crippen molar-refractivity contribution in [2.45, 2.75) is 20.4 Å². The van der Waals surface area contributed by atoms with E-state index in [1.54, 1.807) is 17.4 Å². The molecule has 0 fully saturated rings. The van der Waals surface area contributed by atoms with E-state index in [0.717, 1.165) is 31.6 Å². The Balaban J connectivity index is 2.13. The van der Waals surface area contributed by atoms with Gasteiger partial charge in [-0.2, -0.15) is 0 Å². The molecule has 0 aliphatic rings. The molecular formula is C13H13Br2NOS. The first-order valence-corrected chi connectivity index (χ1v) is 7.85. The first-order valence-electron chi connectivity index (χ1n) is 5.45. The maximum Gasteiger partial charge on any atom is 0.118 e. The summed E-state index contributed by atoms with van der Waals surface area (Å²) >= 11 is 8.67. The van der Waals surface area contributed by atoms with Crippen LogP contribution in [0.2, 0.25) is 0 Å². The normalized spacial score (nSPS) is 10.7. The highest BCUT2D eigenvalue weighted by atomic mass is 79.9. The molecule has 0 unspecified atom stereocenters. The van der Waals surface area contributed by atoms with Crippen molar-refractivity contribution in [3.63, 3.8) is 0 Å². The molecule has 0 aliphatic carbocycles. The molecule has 18 heavy (non-hydrogen) atoms. The van der Waals surface area contributed by atoms with Crippen LogP contribution < -0.4 is 5.32 Å². The Morgan fingerprint density at radius 2 is 1.89 bits per heavy atom. The zero-order valence-corrected chi connectivity index (χ0v) is 14.0. The zero-order valence-electron chi connectivity index (χ0n) is 10.1. The number of thiophene rings is 1. The van der Waals surface area contributed by atoms with Gasteiger partial charge in [0.2, 0.25) is 0 Å². The molecule has 0 bridgehead atoms. The lowest BCUT2D eigenvalue weighted by atomic mass is 10.1. The Morgan fingerprint density at radius 1 is 1.17 bits per heavy atom. The highest BCUT2D eigenvalue weighted by Gasteiger charge is 2.06. The summed E-state index contributed by atoms with van der Waals surface area (Å²) in [4.78, 5) is 1.25. The predicted molar refractivity (Wildman–Crippen MR) is 84.6 cm³/mol. The number of phenols is 1. The van der Waals surface area contributed by atoms with Crippen molar-refractivity contribution in [2.24, 2.45) is 0 Å². The molecule has 1 aromatic carbocycles. The topological polar surface area (TPSA) is 32.3 Å². The Morgan fingerprint density at radius 3 is 2.50 bits per heavy atom. The van der Waals surface area contributed by atoms with Crippen molar-refractivity contribution in [1.29, 1.82) is 0 Å². The van der Waals surface area contributed by atoms with E-state index >= 15 is 0 Å². The minimum atomic E-state index is 0.347. The minimum absolute atomic E-state index is 0.347. The van der Waals surface area contributed by atoms with Gasteiger partial charge in [0.1, 0.15) is 5.75 Å². The fraction of sp³-hybridized carbons (Fsp3) is 0.231. The van der Waals surface area contributed by atoms with E-state index in [2.05, 4.69) is 43.2 Å². The van der Waals surface area contributed by atoms with Gasteiger partial charge in [-0.3, -0.25) is 0 Å². The van der Waals surface area contributed by atoms with Crippen molar-refractivity contribution < 1.29 is 5.11 Å². The fourth-order valence-electron chi connectivity index (χ4n) is 1.65. The Kier molecular flexibility index (Phi) is 4.35. The highest BCUT2D eigenvalue weighted by molar-refractivity contribution is 9.13. The number of anilines is 1. The van der Waals surface area contributed by atoms with Gasteiger partial charge >= 0.3 is 0 Å². The van der Waals surface area contributed by atoms with Crippen LogP contribution in [0.4, 0.5) is 5.69 Å². The molecule has 2 rings (SSSR count). The number of nitrogens with one attached hydrogen (secondary N) is 1. The molecule has 96 valence electrons. The lowest BCUT2D eigenvalue weighted by Crippen LogP contribution is -1.99. The maximum absolute atomic E-state index is 9.61. The second-order valence-electron chi connectivity index (χ2n) is 4.14. The van der Waals surface area contributed by atoms with Crippen molar-refractivity contribution in [3.05, 3.63) is 42.5 Å². The Labute approximate surface area is 127 Å². The van der Waals surface area contributed by atoms with Gasteiger partial charge in [0, 0.05) is 21.6 Å². The number of hydrogen-bond acceptors (Lipinski definition) is 3. The average Bonchev–Trinajstić information content (AvgIpc) is 2.62. The van der Waals surface area contributed by atoms with Crippen molar-refractivity contribution in [3.8, 4) is 5.75 Å². The minimum Gasteiger partial charge on any atom is -0.508 e. The monoisotopic (exact) mass is 389 g/mol.